The number of rotatable bonds is 8. The highest BCUT2D eigenvalue weighted by molar-refractivity contribution is 5.97. The summed E-state index contributed by atoms with van der Waals surface area (Å²) in [4.78, 5) is 33.8. The molecule has 162 valence electrons. The Hall–Kier alpha value is -4.53. The monoisotopic (exact) mass is 432 g/mol. The number of nitro groups is 1. The highest BCUT2D eigenvalue weighted by Crippen LogP contribution is 2.19. The van der Waals surface area contributed by atoms with E-state index < -0.39 is 10.8 Å². The van der Waals surface area contributed by atoms with Crippen molar-refractivity contribution >= 4 is 29.4 Å². The zero-order valence-corrected chi connectivity index (χ0v) is 17.1. The lowest BCUT2D eigenvalue weighted by molar-refractivity contribution is -0.384. The summed E-state index contributed by atoms with van der Waals surface area (Å²) < 4.78 is 5.80. The molecule has 32 heavy (non-hydrogen) atoms. The minimum atomic E-state index is -0.458. The molecule has 0 spiro atoms. The molecule has 2 N–H and O–H groups in total. The van der Waals surface area contributed by atoms with Crippen molar-refractivity contribution in [1.29, 1.82) is 0 Å². The minimum Gasteiger partial charge on any atom is -0.488 e. The van der Waals surface area contributed by atoms with Gasteiger partial charge in [0, 0.05) is 35.9 Å². The Bertz CT molecular complexity index is 1160. The van der Waals surface area contributed by atoms with E-state index >= 15 is 0 Å². The van der Waals surface area contributed by atoms with Crippen LogP contribution in [0.5, 0.6) is 5.75 Å². The second kappa shape index (κ2) is 10.5. The molecule has 0 aromatic heterocycles. The number of benzene rings is 3. The van der Waals surface area contributed by atoms with Gasteiger partial charge in [-0.3, -0.25) is 19.7 Å². The first-order valence-corrected chi connectivity index (χ1v) is 9.58. The van der Waals surface area contributed by atoms with Gasteiger partial charge in [0.15, 0.2) is 0 Å². The topological polar surface area (TPSA) is 123 Å². The fraction of sp³-hybridized carbons (Fsp3) is 0.0870. The molecule has 0 aliphatic carbocycles. The number of hydrogen-bond donors (Lipinski definition) is 2. The van der Waals surface area contributed by atoms with Gasteiger partial charge in [0.1, 0.15) is 12.4 Å². The molecule has 2 amide bonds. The van der Waals surface area contributed by atoms with Crippen LogP contribution < -0.4 is 15.5 Å². The van der Waals surface area contributed by atoms with Crippen molar-refractivity contribution in [1.82, 2.24) is 5.43 Å². The van der Waals surface area contributed by atoms with Crippen LogP contribution in [-0.4, -0.2) is 23.0 Å². The van der Waals surface area contributed by atoms with Gasteiger partial charge in [-0.15, -0.1) is 0 Å². The van der Waals surface area contributed by atoms with Crippen LogP contribution in [0.1, 0.15) is 28.4 Å². The standard InChI is InChI=1S/C23H20N4O5/c1-16(28)25-20-7-4-6-18(13-20)23(29)26-24-14-19-5-2-3-8-22(19)32-15-17-9-11-21(12-10-17)27(30)31/h2-14H,15H2,1H3,(H,25,28)(H,26,29). The van der Waals surface area contributed by atoms with Crippen LogP contribution in [0.3, 0.4) is 0 Å². The number of carbonyl (C=O) groups is 2. The fourth-order valence-electron chi connectivity index (χ4n) is 2.76. The molecular formula is C23H20N4O5. The minimum absolute atomic E-state index is 0.0136. The molecule has 0 bridgehead atoms. The third-order valence-corrected chi connectivity index (χ3v) is 4.28. The molecule has 0 fully saturated rings. The molecule has 0 aliphatic rings. The van der Waals surface area contributed by atoms with E-state index in [9.17, 15) is 19.7 Å². The van der Waals surface area contributed by atoms with Gasteiger partial charge in [-0.05, 0) is 48.0 Å². The van der Waals surface area contributed by atoms with Crippen LogP contribution in [0.25, 0.3) is 0 Å². The second-order valence-corrected chi connectivity index (χ2v) is 6.71. The average molecular weight is 432 g/mol. The Morgan fingerprint density at radius 1 is 1.06 bits per heavy atom. The molecule has 9 nitrogen and oxygen atoms in total. The van der Waals surface area contributed by atoms with E-state index in [0.717, 1.165) is 5.56 Å². The van der Waals surface area contributed by atoms with Crippen LogP contribution in [0.15, 0.2) is 77.9 Å². The highest BCUT2D eigenvalue weighted by Gasteiger charge is 2.07. The third-order valence-electron chi connectivity index (χ3n) is 4.28. The SMILES string of the molecule is CC(=O)Nc1cccc(C(=O)NN=Cc2ccccc2OCc2ccc([N+](=O)[O-])cc2)c1. The van der Waals surface area contributed by atoms with E-state index in [1.807, 2.05) is 0 Å². The molecule has 0 unspecified atom stereocenters. The predicted octanol–water partition coefficient (Wildman–Crippen LogP) is 3.90. The molecule has 0 heterocycles. The fourth-order valence-corrected chi connectivity index (χ4v) is 2.76. The van der Waals surface area contributed by atoms with Crippen LogP contribution in [0, 0.1) is 10.1 Å². The number of non-ortho nitro benzene ring substituents is 1. The molecule has 9 heteroatoms. The number of hydrazone groups is 1. The lowest BCUT2D eigenvalue weighted by Gasteiger charge is -2.09. The molecule has 0 aliphatic heterocycles. The Balaban J connectivity index is 1.62. The summed E-state index contributed by atoms with van der Waals surface area (Å²) >= 11 is 0. The van der Waals surface area contributed by atoms with Crippen molar-refractivity contribution in [3.05, 3.63) is 99.6 Å². The van der Waals surface area contributed by atoms with Crippen molar-refractivity contribution in [3.8, 4) is 5.75 Å². The first-order valence-electron chi connectivity index (χ1n) is 9.58. The highest BCUT2D eigenvalue weighted by atomic mass is 16.6. The van der Waals surface area contributed by atoms with E-state index in [4.69, 9.17) is 4.74 Å². The average Bonchev–Trinajstić information content (AvgIpc) is 2.78. The molecule has 0 radical (unpaired) electrons. The third kappa shape index (κ3) is 6.23. The first-order chi connectivity index (χ1) is 15.4. The lowest BCUT2D eigenvalue weighted by atomic mass is 10.2. The van der Waals surface area contributed by atoms with Crippen molar-refractivity contribution in [3.63, 3.8) is 0 Å². The molecule has 0 saturated carbocycles. The van der Waals surface area contributed by atoms with Crippen LogP contribution >= 0.6 is 0 Å². The number of amides is 2. The number of anilines is 1. The van der Waals surface area contributed by atoms with E-state index in [-0.39, 0.29) is 18.2 Å². The number of nitrogens with zero attached hydrogens (tertiary/aromatic N) is 2. The van der Waals surface area contributed by atoms with Gasteiger partial charge < -0.3 is 10.1 Å². The maximum absolute atomic E-state index is 12.3. The van der Waals surface area contributed by atoms with Crippen molar-refractivity contribution in [2.45, 2.75) is 13.5 Å². The largest absolute Gasteiger partial charge is 0.488 e. The zero-order valence-electron chi connectivity index (χ0n) is 17.1. The Labute approximate surface area is 183 Å². The maximum atomic E-state index is 12.3. The van der Waals surface area contributed by atoms with Gasteiger partial charge in [0.25, 0.3) is 11.6 Å². The summed E-state index contributed by atoms with van der Waals surface area (Å²) in [6.45, 7) is 1.60. The van der Waals surface area contributed by atoms with Gasteiger partial charge in [-0.25, -0.2) is 5.43 Å². The van der Waals surface area contributed by atoms with Gasteiger partial charge in [-0.1, -0.05) is 18.2 Å². The van der Waals surface area contributed by atoms with E-state index in [0.29, 0.717) is 22.6 Å². The van der Waals surface area contributed by atoms with Crippen LogP contribution in [-0.2, 0) is 11.4 Å². The normalized spacial score (nSPS) is 10.5. The van der Waals surface area contributed by atoms with Crippen molar-refractivity contribution < 1.29 is 19.2 Å². The number of nitrogens with one attached hydrogen (secondary N) is 2. The van der Waals surface area contributed by atoms with E-state index in [2.05, 4.69) is 15.8 Å². The van der Waals surface area contributed by atoms with E-state index in [1.165, 1.54) is 25.3 Å². The van der Waals surface area contributed by atoms with Gasteiger partial charge in [-0.2, -0.15) is 5.10 Å². The molecule has 3 aromatic carbocycles. The molecule has 3 rings (SSSR count). The molecule has 0 saturated heterocycles. The summed E-state index contributed by atoms with van der Waals surface area (Å²) in [6.07, 6.45) is 1.46. The number of hydrogen-bond acceptors (Lipinski definition) is 6. The molecular weight excluding hydrogens is 412 g/mol. The number of para-hydroxylation sites is 1. The van der Waals surface area contributed by atoms with Crippen molar-refractivity contribution in [2.75, 3.05) is 5.32 Å². The molecule has 0 atom stereocenters. The van der Waals surface area contributed by atoms with E-state index in [1.54, 1.807) is 60.7 Å². The Kier molecular flexibility index (Phi) is 7.26. The smallest absolute Gasteiger partial charge is 0.271 e. The van der Waals surface area contributed by atoms with Gasteiger partial charge >= 0.3 is 0 Å². The molecule has 3 aromatic rings. The summed E-state index contributed by atoms with van der Waals surface area (Å²) in [5.74, 6) is -0.125. The summed E-state index contributed by atoms with van der Waals surface area (Å²) in [5.41, 5.74) is 4.73. The number of carbonyl (C=O) groups excluding carboxylic acids is 2. The Morgan fingerprint density at radius 3 is 2.53 bits per heavy atom. The first kappa shape index (κ1) is 22.2. The predicted molar refractivity (Wildman–Crippen MR) is 120 cm³/mol. The van der Waals surface area contributed by atoms with Crippen molar-refractivity contribution in [2.24, 2.45) is 5.10 Å². The summed E-state index contributed by atoms with van der Waals surface area (Å²) in [5, 5.41) is 17.4. The van der Waals surface area contributed by atoms with Crippen LogP contribution in [0.2, 0.25) is 0 Å². The number of nitro benzene ring substituents is 1. The zero-order chi connectivity index (χ0) is 22.9. The second-order valence-electron chi connectivity index (χ2n) is 6.71. The number of ether oxygens (including phenoxy) is 1. The van der Waals surface area contributed by atoms with Crippen LogP contribution in [0.4, 0.5) is 11.4 Å². The quantitative estimate of drug-likeness (QED) is 0.317. The lowest BCUT2D eigenvalue weighted by Crippen LogP contribution is -2.18. The Morgan fingerprint density at radius 2 is 1.81 bits per heavy atom. The maximum Gasteiger partial charge on any atom is 0.271 e. The summed E-state index contributed by atoms with van der Waals surface area (Å²) in [6, 6.07) is 19.7. The summed E-state index contributed by atoms with van der Waals surface area (Å²) in [7, 11) is 0. The van der Waals surface area contributed by atoms with Gasteiger partial charge in [0.05, 0.1) is 11.1 Å². The van der Waals surface area contributed by atoms with Gasteiger partial charge in [0.2, 0.25) is 5.91 Å².